The van der Waals surface area contributed by atoms with Crippen LogP contribution in [0, 0.1) is 11.6 Å². The third-order valence-electron chi connectivity index (χ3n) is 4.14. The minimum absolute atomic E-state index is 0.0116. The van der Waals surface area contributed by atoms with Gasteiger partial charge in [0.25, 0.3) is 5.56 Å². The number of nitrogens with one attached hydrogen (secondary N) is 1. The molecule has 0 radical (unpaired) electrons. The fraction of sp³-hybridized carbons (Fsp3) is 0.105. The van der Waals surface area contributed by atoms with Crippen LogP contribution in [0.25, 0.3) is 11.2 Å². The molecule has 0 atom stereocenters. The number of nitrogens with zero attached hydrogens (tertiary/aromatic N) is 5. The predicted octanol–water partition coefficient (Wildman–Crippen LogP) is 1.95. The highest BCUT2D eigenvalue weighted by Gasteiger charge is 2.14. The molecule has 0 aliphatic rings. The molecule has 2 aromatic heterocycles. The number of hydrogen-bond acceptors (Lipinski definition) is 5. The average molecular weight is 396 g/mol. The second kappa shape index (κ2) is 7.58. The molecule has 146 valence electrons. The van der Waals surface area contributed by atoms with Crippen molar-refractivity contribution in [1.82, 2.24) is 24.5 Å². The van der Waals surface area contributed by atoms with Crippen molar-refractivity contribution in [3.8, 4) is 0 Å². The third kappa shape index (κ3) is 4.00. The molecule has 0 fully saturated rings. The van der Waals surface area contributed by atoms with Crippen LogP contribution in [-0.4, -0.2) is 30.5 Å². The van der Waals surface area contributed by atoms with Crippen molar-refractivity contribution in [1.29, 1.82) is 0 Å². The molecule has 1 N–H and O–H groups in total. The molecule has 0 saturated carbocycles. The van der Waals surface area contributed by atoms with Crippen molar-refractivity contribution in [3.05, 3.63) is 82.4 Å². The Balaban J connectivity index is 1.55. The van der Waals surface area contributed by atoms with Gasteiger partial charge in [0.05, 0.1) is 6.54 Å². The largest absolute Gasteiger partial charge is 0.324 e. The molecule has 0 bridgehead atoms. The first-order valence-electron chi connectivity index (χ1n) is 8.58. The maximum Gasteiger partial charge on any atom is 0.283 e. The molecular weight excluding hydrogens is 382 g/mol. The second-order valence-corrected chi connectivity index (χ2v) is 6.29. The van der Waals surface area contributed by atoms with Crippen LogP contribution in [0.5, 0.6) is 0 Å². The molecule has 0 spiro atoms. The van der Waals surface area contributed by atoms with E-state index in [1.807, 2.05) is 0 Å². The standard InChI is InChI=1S/C19H14F2N6O2/c20-13-4-1-3-12(7-13)9-27-18-17(24-25-27)19(29)26(11-22-18)10-16(28)23-15-6-2-5-14(21)8-15/h1-8,11H,9-10H2,(H,23,28). The highest BCUT2D eigenvalue weighted by molar-refractivity contribution is 5.90. The number of anilines is 1. The lowest BCUT2D eigenvalue weighted by atomic mass is 10.2. The Morgan fingerprint density at radius 3 is 2.59 bits per heavy atom. The Labute approximate surface area is 162 Å². The number of amides is 1. The van der Waals surface area contributed by atoms with Gasteiger partial charge in [0, 0.05) is 5.69 Å². The number of benzene rings is 2. The Hall–Kier alpha value is -3.95. The molecule has 4 aromatic rings. The van der Waals surface area contributed by atoms with Crippen molar-refractivity contribution in [2.24, 2.45) is 0 Å². The van der Waals surface area contributed by atoms with Crippen LogP contribution in [0.4, 0.5) is 14.5 Å². The highest BCUT2D eigenvalue weighted by atomic mass is 19.1. The Bertz CT molecular complexity index is 1270. The Morgan fingerprint density at radius 1 is 1.07 bits per heavy atom. The molecule has 8 nitrogen and oxygen atoms in total. The van der Waals surface area contributed by atoms with Crippen LogP contribution in [0.3, 0.4) is 0 Å². The van der Waals surface area contributed by atoms with Gasteiger partial charge in [-0.25, -0.2) is 18.4 Å². The van der Waals surface area contributed by atoms with E-state index in [0.29, 0.717) is 5.56 Å². The van der Waals surface area contributed by atoms with Crippen LogP contribution in [0.15, 0.2) is 59.7 Å². The molecule has 0 unspecified atom stereocenters. The number of fused-ring (bicyclic) bond motifs is 1. The van der Waals surface area contributed by atoms with E-state index < -0.39 is 17.3 Å². The van der Waals surface area contributed by atoms with Crippen molar-refractivity contribution in [3.63, 3.8) is 0 Å². The van der Waals surface area contributed by atoms with Gasteiger partial charge in [-0.15, -0.1) is 5.10 Å². The zero-order valence-electron chi connectivity index (χ0n) is 14.9. The Kier molecular flexibility index (Phi) is 4.82. The van der Waals surface area contributed by atoms with Gasteiger partial charge in [-0.1, -0.05) is 23.4 Å². The second-order valence-electron chi connectivity index (χ2n) is 6.29. The van der Waals surface area contributed by atoms with E-state index >= 15 is 0 Å². The molecular formula is C19H14F2N6O2. The van der Waals surface area contributed by atoms with Gasteiger partial charge < -0.3 is 5.32 Å². The number of carbonyl (C=O) groups excluding carboxylic acids is 1. The summed E-state index contributed by atoms with van der Waals surface area (Å²) in [5.41, 5.74) is 0.578. The van der Waals surface area contributed by atoms with E-state index in [9.17, 15) is 18.4 Å². The lowest BCUT2D eigenvalue weighted by Gasteiger charge is -2.07. The van der Waals surface area contributed by atoms with Crippen molar-refractivity contribution in [2.45, 2.75) is 13.1 Å². The number of hydrogen-bond donors (Lipinski definition) is 1. The minimum atomic E-state index is -0.546. The van der Waals surface area contributed by atoms with Crippen molar-refractivity contribution < 1.29 is 13.6 Å². The summed E-state index contributed by atoms with van der Waals surface area (Å²) in [6, 6.07) is 11.4. The molecule has 29 heavy (non-hydrogen) atoms. The van der Waals surface area contributed by atoms with Gasteiger partial charge in [-0.05, 0) is 35.9 Å². The zero-order valence-corrected chi connectivity index (χ0v) is 14.9. The maximum absolute atomic E-state index is 13.4. The van der Waals surface area contributed by atoms with E-state index in [1.54, 1.807) is 12.1 Å². The monoisotopic (exact) mass is 396 g/mol. The summed E-state index contributed by atoms with van der Waals surface area (Å²) in [5.74, 6) is -1.39. The summed E-state index contributed by atoms with van der Waals surface area (Å²) < 4.78 is 29.0. The predicted molar refractivity (Wildman–Crippen MR) is 100 cm³/mol. The SMILES string of the molecule is O=C(Cn1cnc2c(nnn2Cc2cccc(F)c2)c1=O)Nc1cccc(F)c1. The van der Waals surface area contributed by atoms with Crippen molar-refractivity contribution >= 4 is 22.8 Å². The van der Waals surface area contributed by atoms with Gasteiger partial charge in [-0.3, -0.25) is 14.2 Å². The molecule has 10 heteroatoms. The smallest absolute Gasteiger partial charge is 0.283 e. The summed E-state index contributed by atoms with van der Waals surface area (Å²) >= 11 is 0. The molecule has 0 aliphatic heterocycles. The third-order valence-corrected chi connectivity index (χ3v) is 4.14. The minimum Gasteiger partial charge on any atom is -0.324 e. The summed E-state index contributed by atoms with van der Waals surface area (Å²) in [6.07, 6.45) is 1.21. The van der Waals surface area contributed by atoms with Gasteiger partial charge in [-0.2, -0.15) is 0 Å². The highest BCUT2D eigenvalue weighted by Crippen LogP contribution is 2.10. The first-order chi connectivity index (χ1) is 14.0. The summed E-state index contributed by atoms with van der Waals surface area (Å²) in [7, 11) is 0. The first kappa shape index (κ1) is 18.4. The number of carbonyl (C=O) groups is 1. The topological polar surface area (TPSA) is 94.7 Å². The van der Waals surface area contributed by atoms with E-state index in [0.717, 1.165) is 4.57 Å². The van der Waals surface area contributed by atoms with Crippen molar-refractivity contribution in [2.75, 3.05) is 5.32 Å². The molecule has 4 rings (SSSR count). The average Bonchev–Trinajstić information content (AvgIpc) is 3.07. The van der Waals surface area contributed by atoms with Crippen LogP contribution in [0.2, 0.25) is 0 Å². The fourth-order valence-corrected chi connectivity index (χ4v) is 2.84. The summed E-state index contributed by atoms with van der Waals surface area (Å²) in [6.45, 7) is -0.139. The lowest BCUT2D eigenvalue weighted by Crippen LogP contribution is -2.28. The fourth-order valence-electron chi connectivity index (χ4n) is 2.84. The number of rotatable bonds is 5. The molecule has 0 saturated heterocycles. The zero-order chi connectivity index (χ0) is 20.4. The summed E-state index contributed by atoms with van der Waals surface area (Å²) in [4.78, 5) is 28.9. The number of aromatic nitrogens is 5. The van der Waals surface area contributed by atoms with E-state index in [2.05, 4.69) is 20.6 Å². The molecule has 2 heterocycles. The quantitative estimate of drug-likeness (QED) is 0.557. The van der Waals surface area contributed by atoms with E-state index in [-0.39, 0.29) is 35.8 Å². The van der Waals surface area contributed by atoms with E-state index in [4.69, 9.17) is 0 Å². The van der Waals surface area contributed by atoms with Gasteiger partial charge in [0.15, 0.2) is 11.2 Å². The molecule has 1 amide bonds. The van der Waals surface area contributed by atoms with Crippen LogP contribution in [-0.2, 0) is 17.9 Å². The van der Waals surface area contributed by atoms with Crippen LogP contribution in [0.1, 0.15) is 5.56 Å². The van der Waals surface area contributed by atoms with Gasteiger partial charge in [0.2, 0.25) is 5.91 Å². The molecule has 0 aliphatic carbocycles. The molecule has 2 aromatic carbocycles. The normalized spacial score (nSPS) is 11.0. The van der Waals surface area contributed by atoms with Crippen LogP contribution < -0.4 is 10.9 Å². The van der Waals surface area contributed by atoms with Gasteiger partial charge >= 0.3 is 0 Å². The number of halogens is 2. The lowest BCUT2D eigenvalue weighted by molar-refractivity contribution is -0.116. The summed E-state index contributed by atoms with van der Waals surface area (Å²) in [5, 5.41) is 10.3. The van der Waals surface area contributed by atoms with Crippen LogP contribution >= 0.6 is 0 Å². The van der Waals surface area contributed by atoms with Gasteiger partial charge in [0.1, 0.15) is 24.5 Å². The first-order valence-corrected chi connectivity index (χ1v) is 8.58. The maximum atomic E-state index is 13.4. The van der Waals surface area contributed by atoms with E-state index in [1.165, 1.54) is 47.4 Å². The Morgan fingerprint density at radius 2 is 1.83 bits per heavy atom.